The number of carbonyl (C=O) groups is 2. The first kappa shape index (κ1) is 13.1. The van der Waals surface area contributed by atoms with Gasteiger partial charge in [0.25, 0.3) is 5.91 Å². The molecule has 3 rings (SSSR count). The van der Waals surface area contributed by atoms with Crippen molar-refractivity contribution >= 4 is 33.3 Å². The van der Waals surface area contributed by atoms with E-state index in [0.717, 1.165) is 0 Å². The van der Waals surface area contributed by atoms with Crippen LogP contribution >= 0.6 is 15.9 Å². The Kier molecular flexibility index (Phi) is 3.44. The summed E-state index contributed by atoms with van der Waals surface area (Å²) >= 11 is 3.22. The molecule has 0 fully saturated rings. The van der Waals surface area contributed by atoms with Crippen molar-refractivity contribution < 1.29 is 14.0 Å². The van der Waals surface area contributed by atoms with E-state index < -0.39 is 0 Å². The Morgan fingerprint density at radius 3 is 2.80 bits per heavy atom. The molecule has 5 heteroatoms. The lowest BCUT2D eigenvalue weighted by Gasteiger charge is -2.21. The van der Waals surface area contributed by atoms with Crippen molar-refractivity contribution in [2.45, 2.75) is 12.8 Å². The molecule has 0 unspecified atom stereocenters. The van der Waals surface area contributed by atoms with Gasteiger partial charge in [-0.3, -0.25) is 9.59 Å². The molecule has 0 atom stereocenters. The lowest BCUT2D eigenvalue weighted by atomic mass is 10.1. The van der Waals surface area contributed by atoms with Gasteiger partial charge in [-0.25, -0.2) is 0 Å². The number of anilines is 1. The summed E-state index contributed by atoms with van der Waals surface area (Å²) in [5.41, 5.74) is 1.75. The van der Waals surface area contributed by atoms with Gasteiger partial charge in [-0.15, -0.1) is 0 Å². The van der Waals surface area contributed by atoms with E-state index in [4.69, 9.17) is 4.42 Å². The number of carbonyl (C=O) groups excluding carboxylic acids is 2. The number of hydrogen-bond donors (Lipinski definition) is 0. The number of nitrogens with zero attached hydrogens (tertiary/aromatic N) is 1. The maximum absolute atomic E-state index is 12.6. The third-order valence-electron chi connectivity index (χ3n) is 3.37. The van der Waals surface area contributed by atoms with E-state index >= 15 is 0 Å². The number of halogens is 1. The van der Waals surface area contributed by atoms with Gasteiger partial charge in [-0.05, 0) is 40.5 Å². The summed E-state index contributed by atoms with van der Waals surface area (Å²) in [7, 11) is 0. The first-order chi connectivity index (χ1) is 9.68. The number of para-hydroxylation sites is 1. The van der Waals surface area contributed by atoms with E-state index in [-0.39, 0.29) is 11.7 Å². The molecule has 0 aliphatic carbocycles. The van der Waals surface area contributed by atoms with Gasteiger partial charge in [-0.1, -0.05) is 12.1 Å². The van der Waals surface area contributed by atoms with Gasteiger partial charge in [-0.2, -0.15) is 0 Å². The highest BCUT2D eigenvalue weighted by atomic mass is 79.9. The zero-order valence-corrected chi connectivity index (χ0v) is 12.2. The number of Topliss-reactive ketones (excluding diaryl/α,β-unsaturated/α-hetero) is 1. The highest BCUT2D eigenvalue weighted by Crippen LogP contribution is 2.29. The van der Waals surface area contributed by atoms with Crippen LogP contribution in [0.3, 0.4) is 0 Å². The van der Waals surface area contributed by atoms with Crippen LogP contribution < -0.4 is 4.90 Å². The first-order valence-corrected chi connectivity index (χ1v) is 7.15. The molecule has 102 valence electrons. The van der Waals surface area contributed by atoms with Gasteiger partial charge < -0.3 is 9.32 Å². The SMILES string of the molecule is O=C1CCCN(C(=O)c2ccoc2Br)c2ccccc21. The topological polar surface area (TPSA) is 50.5 Å². The van der Waals surface area contributed by atoms with Crippen LogP contribution in [-0.2, 0) is 0 Å². The van der Waals surface area contributed by atoms with Crippen LogP contribution in [0.2, 0.25) is 0 Å². The third kappa shape index (κ3) is 2.18. The standard InChI is InChI=1S/C15H12BrNO3/c16-14-11(7-9-20-14)15(19)17-8-3-6-13(18)10-4-1-2-5-12(10)17/h1-2,4-5,7,9H,3,6,8H2. The maximum atomic E-state index is 12.6. The van der Waals surface area contributed by atoms with Crippen LogP contribution in [0.4, 0.5) is 5.69 Å². The summed E-state index contributed by atoms with van der Waals surface area (Å²) < 4.78 is 5.53. The van der Waals surface area contributed by atoms with Crippen molar-refractivity contribution in [1.82, 2.24) is 0 Å². The second-order valence-electron chi connectivity index (χ2n) is 4.61. The number of benzene rings is 1. The Morgan fingerprint density at radius 2 is 2.05 bits per heavy atom. The van der Waals surface area contributed by atoms with Crippen LogP contribution in [-0.4, -0.2) is 18.2 Å². The number of amides is 1. The average Bonchev–Trinajstić information content (AvgIpc) is 2.81. The molecular formula is C15H12BrNO3. The Balaban J connectivity index is 2.06. The van der Waals surface area contributed by atoms with E-state index in [2.05, 4.69) is 15.9 Å². The van der Waals surface area contributed by atoms with Gasteiger partial charge in [0.2, 0.25) is 0 Å². The fourth-order valence-electron chi connectivity index (χ4n) is 2.40. The monoisotopic (exact) mass is 333 g/mol. The third-order valence-corrected chi connectivity index (χ3v) is 3.99. The summed E-state index contributed by atoms with van der Waals surface area (Å²) in [6.07, 6.45) is 2.59. The predicted octanol–water partition coefficient (Wildman–Crippen LogP) is 3.67. The fraction of sp³-hybridized carbons (Fsp3) is 0.200. The smallest absolute Gasteiger partial charge is 0.262 e. The highest BCUT2D eigenvalue weighted by molar-refractivity contribution is 9.10. The van der Waals surface area contributed by atoms with Crippen molar-refractivity contribution in [2.75, 3.05) is 11.4 Å². The molecule has 2 heterocycles. The van der Waals surface area contributed by atoms with Gasteiger partial charge in [0.15, 0.2) is 10.5 Å². The molecule has 0 radical (unpaired) electrons. The van der Waals surface area contributed by atoms with Crippen molar-refractivity contribution in [3.8, 4) is 0 Å². The maximum Gasteiger partial charge on any atom is 0.262 e. The van der Waals surface area contributed by atoms with E-state index in [1.165, 1.54) is 6.26 Å². The molecule has 0 saturated heterocycles. The van der Waals surface area contributed by atoms with Crippen LogP contribution in [0.1, 0.15) is 33.6 Å². The quantitative estimate of drug-likeness (QED) is 0.800. The number of furan rings is 1. The average molecular weight is 334 g/mol. The second-order valence-corrected chi connectivity index (χ2v) is 5.33. The van der Waals surface area contributed by atoms with Crippen LogP contribution in [0.25, 0.3) is 0 Å². The minimum atomic E-state index is -0.159. The molecule has 0 N–H and O–H groups in total. The zero-order chi connectivity index (χ0) is 14.1. The molecule has 1 aliphatic heterocycles. The minimum Gasteiger partial charge on any atom is -0.457 e. The Labute approximate surface area is 124 Å². The van der Waals surface area contributed by atoms with Crippen molar-refractivity contribution in [2.24, 2.45) is 0 Å². The summed E-state index contributed by atoms with van der Waals surface area (Å²) in [5, 5.41) is 0. The van der Waals surface area contributed by atoms with Crippen LogP contribution in [0.5, 0.6) is 0 Å². The van der Waals surface area contributed by atoms with Gasteiger partial charge >= 0.3 is 0 Å². The van der Waals surface area contributed by atoms with E-state index in [9.17, 15) is 9.59 Å². The normalized spacial score (nSPS) is 14.8. The number of rotatable bonds is 1. The molecule has 2 aromatic rings. The molecule has 20 heavy (non-hydrogen) atoms. The van der Waals surface area contributed by atoms with Crippen molar-refractivity contribution in [3.63, 3.8) is 0 Å². The first-order valence-electron chi connectivity index (χ1n) is 6.35. The number of fused-ring (bicyclic) bond motifs is 1. The molecule has 1 aliphatic rings. The molecule has 1 amide bonds. The van der Waals surface area contributed by atoms with Gasteiger partial charge in [0, 0.05) is 18.5 Å². The summed E-state index contributed by atoms with van der Waals surface area (Å²) in [6, 6.07) is 8.86. The lowest BCUT2D eigenvalue weighted by Crippen LogP contribution is -2.31. The number of ketones is 1. The van der Waals surface area contributed by atoms with Crippen molar-refractivity contribution in [3.05, 3.63) is 52.4 Å². The van der Waals surface area contributed by atoms with Gasteiger partial charge in [0.1, 0.15) is 0 Å². The fourth-order valence-corrected chi connectivity index (χ4v) is 2.81. The molecule has 4 nitrogen and oxygen atoms in total. The van der Waals surface area contributed by atoms with Crippen molar-refractivity contribution in [1.29, 1.82) is 0 Å². The second kappa shape index (κ2) is 5.25. The molecule has 0 bridgehead atoms. The molecule has 0 saturated carbocycles. The van der Waals surface area contributed by atoms with Gasteiger partial charge in [0.05, 0.1) is 17.5 Å². The summed E-state index contributed by atoms with van der Waals surface area (Å²) in [6.45, 7) is 0.527. The molecule has 1 aromatic carbocycles. The largest absolute Gasteiger partial charge is 0.457 e. The molecule has 0 spiro atoms. The highest BCUT2D eigenvalue weighted by Gasteiger charge is 2.27. The lowest BCUT2D eigenvalue weighted by molar-refractivity contribution is 0.0973. The molecular weight excluding hydrogens is 322 g/mol. The van der Waals surface area contributed by atoms with Crippen LogP contribution in [0.15, 0.2) is 45.7 Å². The Bertz CT molecular complexity index is 677. The predicted molar refractivity (Wildman–Crippen MR) is 78.1 cm³/mol. The Hall–Kier alpha value is -1.88. The van der Waals surface area contributed by atoms with Crippen LogP contribution in [0, 0.1) is 0 Å². The Morgan fingerprint density at radius 1 is 1.25 bits per heavy atom. The van der Waals surface area contributed by atoms with E-state index in [0.29, 0.717) is 40.9 Å². The summed E-state index contributed by atoms with van der Waals surface area (Å²) in [4.78, 5) is 26.3. The zero-order valence-electron chi connectivity index (χ0n) is 10.6. The van der Waals surface area contributed by atoms with E-state index in [1.54, 1.807) is 17.0 Å². The summed E-state index contributed by atoms with van der Waals surface area (Å²) in [5.74, 6) is -0.0741. The number of hydrogen-bond acceptors (Lipinski definition) is 3. The molecule has 1 aromatic heterocycles. The minimum absolute atomic E-state index is 0.0853. The van der Waals surface area contributed by atoms with E-state index in [1.807, 2.05) is 18.2 Å².